The number of hydrogen-bond acceptors (Lipinski definition) is 1. The van der Waals surface area contributed by atoms with Crippen LogP contribution in [0.4, 0.5) is 0 Å². The second-order valence-electron chi connectivity index (χ2n) is 3.85. The molecule has 0 N–H and O–H groups in total. The number of carbonyl (C=O) groups excluding carboxylic acids is 1. The smallest absolute Gasteiger partial charge is 0.163 e. The fourth-order valence-electron chi connectivity index (χ4n) is 1.73. The van der Waals surface area contributed by atoms with Crippen molar-refractivity contribution in [2.75, 3.05) is 0 Å². The van der Waals surface area contributed by atoms with Crippen LogP contribution in [0.3, 0.4) is 0 Å². The number of ketones is 1. The Morgan fingerprint density at radius 1 is 1.25 bits per heavy atom. The SMILES string of the molecule is O=C(CCC1=CCC=C1)c1ccc(Cl)cc1. The van der Waals surface area contributed by atoms with E-state index in [9.17, 15) is 4.79 Å². The van der Waals surface area contributed by atoms with Crippen LogP contribution in [0.2, 0.25) is 5.02 Å². The van der Waals surface area contributed by atoms with Crippen molar-refractivity contribution in [2.24, 2.45) is 0 Å². The van der Waals surface area contributed by atoms with E-state index in [0.717, 1.165) is 18.4 Å². The third-order valence-electron chi connectivity index (χ3n) is 2.65. The quantitative estimate of drug-likeness (QED) is 0.712. The van der Waals surface area contributed by atoms with E-state index in [2.05, 4.69) is 18.2 Å². The van der Waals surface area contributed by atoms with Crippen LogP contribution in [0.1, 0.15) is 29.6 Å². The molecule has 0 spiro atoms. The van der Waals surface area contributed by atoms with Crippen molar-refractivity contribution in [3.63, 3.8) is 0 Å². The van der Waals surface area contributed by atoms with Crippen LogP contribution in [0.15, 0.2) is 48.1 Å². The van der Waals surface area contributed by atoms with E-state index < -0.39 is 0 Å². The first-order valence-electron chi connectivity index (χ1n) is 5.40. The molecule has 1 nitrogen and oxygen atoms in total. The molecule has 0 aliphatic heterocycles. The summed E-state index contributed by atoms with van der Waals surface area (Å²) >= 11 is 5.77. The summed E-state index contributed by atoms with van der Waals surface area (Å²) in [5, 5.41) is 0.665. The molecule has 0 unspecified atom stereocenters. The number of allylic oxidation sites excluding steroid dienone is 4. The van der Waals surface area contributed by atoms with Crippen molar-refractivity contribution in [1.82, 2.24) is 0 Å². The number of rotatable bonds is 4. The van der Waals surface area contributed by atoms with Gasteiger partial charge in [0.1, 0.15) is 0 Å². The lowest BCUT2D eigenvalue weighted by molar-refractivity contribution is 0.0983. The first-order valence-corrected chi connectivity index (χ1v) is 5.78. The summed E-state index contributed by atoms with van der Waals surface area (Å²) in [6.07, 6.45) is 8.77. The molecule has 0 aromatic heterocycles. The van der Waals surface area contributed by atoms with E-state index in [1.54, 1.807) is 24.3 Å². The highest BCUT2D eigenvalue weighted by atomic mass is 35.5. The molecular weight excluding hydrogens is 220 g/mol. The van der Waals surface area contributed by atoms with Gasteiger partial charge in [-0.3, -0.25) is 4.79 Å². The van der Waals surface area contributed by atoms with E-state index >= 15 is 0 Å². The lowest BCUT2D eigenvalue weighted by Crippen LogP contribution is -1.98. The van der Waals surface area contributed by atoms with Gasteiger partial charge in [0, 0.05) is 17.0 Å². The zero-order chi connectivity index (χ0) is 11.4. The summed E-state index contributed by atoms with van der Waals surface area (Å²) in [5.74, 6) is 0.179. The lowest BCUT2D eigenvalue weighted by atomic mass is 10.0. The van der Waals surface area contributed by atoms with Gasteiger partial charge in [-0.1, -0.05) is 35.4 Å². The molecule has 0 bridgehead atoms. The van der Waals surface area contributed by atoms with Crippen molar-refractivity contribution in [1.29, 1.82) is 0 Å². The number of Topliss-reactive ketones (excluding diaryl/α,β-unsaturated/α-hetero) is 1. The van der Waals surface area contributed by atoms with Gasteiger partial charge in [-0.15, -0.1) is 0 Å². The van der Waals surface area contributed by atoms with Crippen molar-refractivity contribution >= 4 is 17.4 Å². The highest BCUT2D eigenvalue weighted by Crippen LogP contribution is 2.17. The Labute approximate surface area is 100 Å². The van der Waals surface area contributed by atoms with Crippen molar-refractivity contribution in [3.05, 3.63) is 58.7 Å². The molecule has 1 aromatic carbocycles. The molecular formula is C14H13ClO. The molecule has 0 saturated heterocycles. The third kappa shape index (κ3) is 2.83. The largest absolute Gasteiger partial charge is 0.294 e. The summed E-state index contributed by atoms with van der Waals surface area (Å²) in [6, 6.07) is 7.07. The minimum absolute atomic E-state index is 0.179. The predicted octanol–water partition coefficient (Wildman–Crippen LogP) is 4.19. The number of hydrogen-bond donors (Lipinski definition) is 0. The van der Waals surface area contributed by atoms with Crippen LogP contribution in [-0.2, 0) is 0 Å². The molecule has 1 aromatic rings. The van der Waals surface area contributed by atoms with E-state index in [1.165, 1.54) is 5.57 Å². The van der Waals surface area contributed by atoms with Gasteiger partial charge in [-0.2, -0.15) is 0 Å². The van der Waals surface area contributed by atoms with Gasteiger partial charge in [-0.25, -0.2) is 0 Å². The second kappa shape index (κ2) is 5.13. The van der Waals surface area contributed by atoms with Crippen LogP contribution in [0, 0.1) is 0 Å². The maximum Gasteiger partial charge on any atom is 0.163 e. The molecule has 2 heteroatoms. The fourth-order valence-corrected chi connectivity index (χ4v) is 1.86. The van der Waals surface area contributed by atoms with E-state index in [-0.39, 0.29) is 5.78 Å². The molecule has 0 atom stereocenters. The van der Waals surface area contributed by atoms with Gasteiger partial charge < -0.3 is 0 Å². The molecule has 82 valence electrons. The average molecular weight is 233 g/mol. The van der Waals surface area contributed by atoms with Crippen molar-refractivity contribution in [2.45, 2.75) is 19.3 Å². The Kier molecular flexibility index (Phi) is 3.58. The highest BCUT2D eigenvalue weighted by Gasteiger charge is 2.07. The Morgan fingerprint density at radius 2 is 2.00 bits per heavy atom. The Morgan fingerprint density at radius 3 is 2.62 bits per heavy atom. The molecule has 1 aliphatic rings. The summed E-state index contributed by atoms with van der Waals surface area (Å²) in [4.78, 5) is 11.8. The Balaban J connectivity index is 1.92. The second-order valence-corrected chi connectivity index (χ2v) is 4.28. The molecule has 0 radical (unpaired) electrons. The van der Waals surface area contributed by atoms with Crippen LogP contribution >= 0.6 is 11.6 Å². The summed E-state index contributed by atoms with van der Waals surface area (Å²) in [5.41, 5.74) is 2.01. The first-order chi connectivity index (χ1) is 7.75. The Bertz CT molecular complexity index is 440. The topological polar surface area (TPSA) is 17.1 Å². The highest BCUT2D eigenvalue weighted by molar-refractivity contribution is 6.30. The zero-order valence-corrected chi connectivity index (χ0v) is 9.70. The molecule has 1 aliphatic carbocycles. The van der Waals surface area contributed by atoms with Crippen LogP contribution in [-0.4, -0.2) is 5.78 Å². The van der Waals surface area contributed by atoms with Crippen LogP contribution in [0.5, 0.6) is 0 Å². The lowest BCUT2D eigenvalue weighted by Gasteiger charge is -2.01. The maximum absolute atomic E-state index is 11.8. The fraction of sp³-hybridized carbons (Fsp3) is 0.214. The van der Waals surface area contributed by atoms with Gasteiger partial charge in [0.25, 0.3) is 0 Å². The molecule has 16 heavy (non-hydrogen) atoms. The monoisotopic (exact) mass is 232 g/mol. The van der Waals surface area contributed by atoms with Gasteiger partial charge in [0.15, 0.2) is 5.78 Å². The minimum atomic E-state index is 0.179. The number of halogens is 1. The maximum atomic E-state index is 11.8. The summed E-state index contributed by atoms with van der Waals surface area (Å²) < 4.78 is 0. The van der Waals surface area contributed by atoms with Crippen molar-refractivity contribution < 1.29 is 4.79 Å². The van der Waals surface area contributed by atoms with E-state index in [4.69, 9.17) is 11.6 Å². The first kappa shape index (κ1) is 11.2. The molecule has 2 rings (SSSR count). The predicted molar refractivity (Wildman–Crippen MR) is 66.9 cm³/mol. The summed E-state index contributed by atoms with van der Waals surface area (Å²) in [7, 11) is 0. The summed E-state index contributed by atoms with van der Waals surface area (Å²) in [6.45, 7) is 0. The van der Waals surface area contributed by atoms with Crippen LogP contribution in [0.25, 0.3) is 0 Å². The Hall–Kier alpha value is -1.34. The molecule has 0 saturated carbocycles. The normalized spacial score (nSPS) is 13.9. The number of carbonyl (C=O) groups is 1. The van der Waals surface area contributed by atoms with Crippen molar-refractivity contribution in [3.8, 4) is 0 Å². The third-order valence-corrected chi connectivity index (χ3v) is 2.91. The van der Waals surface area contributed by atoms with Crippen LogP contribution < -0.4 is 0 Å². The van der Waals surface area contributed by atoms with Gasteiger partial charge in [0.2, 0.25) is 0 Å². The number of benzene rings is 1. The zero-order valence-electron chi connectivity index (χ0n) is 8.95. The van der Waals surface area contributed by atoms with Gasteiger partial charge in [0.05, 0.1) is 0 Å². The van der Waals surface area contributed by atoms with E-state index in [0.29, 0.717) is 11.4 Å². The molecule has 0 fully saturated rings. The van der Waals surface area contributed by atoms with Gasteiger partial charge in [-0.05, 0) is 37.1 Å². The standard InChI is InChI=1S/C14H13ClO/c15-13-8-6-12(7-9-13)14(16)10-5-11-3-1-2-4-11/h1,3-4,6-9H,2,5,10H2. The van der Waals surface area contributed by atoms with Gasteiger partial charge >= 0.3 is 0 Å². The van der Waals surface area contributed by atoms with E-state index in [1.807, 2.05) is 0 Å². The minimum Gasteiger partial charge on any atom is -0.294 e. The molecule has 0 amide bonds. The molecule has 0 heterocycles. The average Bonchev–Trinajstić information content (AvgIpc) is 2.80.